The molecule has 0 aromatic heterocycles. The fourth-order valence-corrected chi connectivity index (χ4v) is 7.51. The standard InChI is InChI=1S/C22H27NO8S2/c1-13(24)30-11-15-16(12-32-14-9-7-6-8-10-14)33(27,28)20-18(29-5)19(25)23(20)17(15)21(26)31-22(2,3)4/h6-10,16,18,20H,11-12H2,1-5H3. The van der Waals surface area contributed by atoms with E-state index < -0.39 is 56.6 Å². The molecule has 0 spiro atoms. The topological polar surface area (TPSA) is 116 Å². The fraction of sp³-hybridized carbons (Fsp3) is 0.500. The first kappa shape index (κ1) is 25.3. The van der Waals surface area contributed by atoms with E-state index in [-0.39, 0.29) is 17.0 Å². The molecule has 0 aliphatic carbocycles. The Hall–Kier alpha value is -2.37. The van der Waals surface area contributed by atoms with Gasteiger partial charge in [0.05, 0.1) is 5.25 Å². The number of carbonyl (C=O) groups excluding carboxylic acids is 3. The van der Waals surface area contributed by atoms with Crippen molar-refractivity contribution < 1.29 is 37.0 Å². The zero-order valence-electron chi connectivity index (χ0n) is 19.1. The normalized spacial score (nSPS) is 24.1. The van der Waals surface area contributed by atoms with Crippen molar-refractivity contribution in [1.29, 1.82) is 0 Å². The summed E-state index contributed by atoms with van der Waals surface area (Å²) in [6.45, 7) is 5.70. The largest absolute Gasteiger partial charge is 0.461 e. The molecule has 0 saturated carbocycles. The number of benzene rings is 1. The average Bonchev–Trinajstić information content (AvgIpc) is 2.71. The zero-order valence-corrected chi connectivity index (χ0v) is 20.7. The summed E-state index contributed by atoms with van der Waals surface area (Å²) < 4.78 is 43.0. The third kappa shape index (κ3) is 5.10. The predicted molar refractivity (Wildman–Crippen MR) is 121 cm³/mol. The summed E-state index contributed by atoms with van der Waals surface area (Å²) in [5.41, 5.74) is -1.09. The molecular formula is C22H27NO8S2. The molecule has 180 valence electrons. The smallest absolute Gasteiger partial charge is 0.355 e. The second-order valence-electron chi connectivity index (χ2n) is 8.61. The predicted octanol–water partition coefficient (Wildman–Crippen LogP) is 1.92. The summed E-state index contributed by atoms with van der Waals surface area (Å²) in [5.74, 6) is -2.13. The van der Waals surface area contributed by atoms with Crippen LogP contribution in [0.5, 0.6) is 0 Å². The van der Waals surface area contributed by atoms with Crippen molar-refractivity contribution in [2.45, 2.75) is 54.9 Å². The molecule has 1 saturated heterocycles. The Morgan fingerprint density at radius 1 is 1.15 bits per heavy atom. The van der Waals surface area contributed by atoms with Crippen LogP contribution in [0.1, 0.15) is 27.7 Å². The van der Waals surface area contributed by atoms with Crippen LogP contribution in [0.3, 0.4) is 0 Å². The lowest BCUT2D eigenvalue weighted by atomic mass is 10.0. The molecule has 3 rings (SSSR count). The summed E-state index contributed by atoms with van der Waals surface area (Å²) in [5, 5.41) is -2.56. The number of β-lactam (4-membered cyclic amide) rings is 1. The van der Waals surface area contributed by atoms with E-state index in [9.17, 15) is 22.8 Å². The first-order chi connectivity index (χ1) is 15.4. The minimum Gasteiger partial charge on any atom is -0.461 e. The minimum absolute atomic E-state index is 0.0158. The van der Waals surface area contributed by atoms with Crippen molar-refractivity contribution in [3.8, 4) is 0 Å². The van der Waals surface area contributed by atoms with Crippen LogP contribution in [0.4, 0.5) is 0 Å². The maximum atomic E-state index is 13.6. The van der Waals surface area contributed by atoms with Crippen LogP contribution < -0.4 is 0 Å². The Morgan fingerprint density at radius 2 is 1.79 bits per heavy atom. The van der Waals surface area contributed by atoms with Crippen molar-refractivity contribution in [2.75, 3.05) is 19.5 Å². The number of methoxy groups -OCH3 is 1. The Labute approximate surface area is 197 Å². The van der Waals surface area contributed by atoms with Gasteiger partial charge in [-0.3, -0.25) is 14.5 Å². The first-order valence-electron chi connectivity index (χ1n) is 10.2. The molecule has 0 radical (unpaired) electrons. The molecule has 11 heteroatoms. The third-order valence-electron chi connectivity index (χ3n) is 5.08. The highest BCUT2D eigenvalue weighted by Crippen LogP contribution is 2.43. The number of rotatable bonds is 7. The van der Waals surface area contributed by atoms with Crippen LogP contribution in [0, 0.1) is 0 Å². The lowest BCUT2D eigenvalue weighted by molar-refractivity contribution is -0.167. The molecule has 1 amide bonds. The average molecular weight is 498 g/mol. The van der Waals surface area contributed by atoms with Gasteiger partial charge in [-0.1, -0.05) is 18.2 Å². The van der Waals surface area contributed by atoms with Crippen molar-refractivity contribution in [3.05, 3.63) is 41.6 Å². The van der Waals surface area contributed by atoms with Crippen LogP contribution in [-0.4, -0.2) is 73.0 Å². The van der Waals surface area contributed by atoms with Gasteiger partial charge in [0.15, 0.2) is 21.3 Å². The molecule has 0 N–H and O–H groups in total. The molecule has 1 fully saturated rings. The lowest BCUT2D eigenvalue weighted by Gasteiger charge is -2.50. The number of sulfone groups is 1. The SMILES string of the molecule is COC1C(=O)N2C(C(=O)OC(C)(C)C)=C(COC(C)=O)C(CSc3ccccc3)S(=O)(=O)C12. The minimum atomic E-state index is -4.03. The van der Waals surface area contributed by atoms with Crippen LogP contribution >= 0.6 is 11.8 Å². The number of nitrogens with zero attached hydrogens (tertiary/aromatic N) is 1. The van der Waals surface area contributed by atoms with E-state index in [4.69, 9.17) is 14.2 Å². The fourth-order valence-electron chi connectivity index (χ4n) is 3.67. The summed E-state index contributed by atoms with van der Waals surface area (Å²) in [4.78, 5) is 39.2. The molecule has 2 aliphatic rings. The summed E-state index contributed by atoms with van der Waals surface area (Å²) in [6, 6.07) is 9.16. The third-order valence-corrected chi connectivity index (χ3v) is 8.77. The van der Waals surface area contributed by atoms with Gasteiger partial charge in [-0.2, -0.15) is 0 Å². The van der Waals surface area contributed by atoms with Crippen molar-refractivity contribution in [1.82, 2.24) is 4.90 Å². The van der Waals surface area contributed by atoms with Gasteiger partial charge < -0.3 is 14.2 Å². The summed E-state index contributed by atoms with van der Waals surface area (Å²) >= 11 is 1.28. The molecule has 1 aromatic rings. The summed E-state index contributed by atoms with van der Waals surface area (Å²) in [7, 11) is -2.79. The molecular weight excluding hydrogens is 470 g/mol. The van der Waals surface area contributed by atoms with Crippen molar-refractivity contribution in [2.24, 2.45) is 0 Å². The number of esters is 2. The van der Waals surface area contributed by atoms with Crippen LogP contribution in [0.15, 0.2) is 46.5 Å². The monoisotopic (exact) mass is 497 g/mol. The van der Waals surface area contributed by atoms with Crippen LogP contribution in [0.25, 0.3) is 0 Å². The number of amides is 1. The van der Waals surface area contributed by atoms with E-state index in [2.05, 4.69) is 0 Å². The van der Waals surface area contributed by atoms with E-state index in [1.165, 1.54) is 25.8 Å². The zero-order chi connectivity index (χ0) is 24.6. The van der Waals surface area contributed by atoms with Crippen LogP contribution in [-0.2, 0) is 38.4 Å². The molecule has 1 aromatic carbocycles. The van der Waals surface area contributed by atoms with E-state index >= 15 is 0 Å². The Balaban J connectivity index is 2.12. The van der Waals surface area contributed by atoms with Crippen molar-refractivity contribution >= 4 is 39.4 Å². The Kier molecular flexibility index (Phi) is 7.25. The molecule has 3 atom stereocenters. The summed E-state index contributed by atoms with van der Waals surface area (Å²) in [6.07, 6.45) is -1.23. The second kappa shape index (κ2) is 9.47. The quantitative estimate of drug-likeness (QED) is 0.316. The van der Waals surface area contributed by atoms with Gasteiger partial charge in [0, 0.05) is 30.3 Å². The molecule has 33 heavy (non-hydrogen) atoms. The van der Waals surface area contributed by atoms with Gasteiger partial charge in [0.25, 0.3) is 5.91 Å². The number of carbonyl (C=O) groups is 3. The number of ether oxygens (including phenoxy) is 3. The lowest BCUT2D eigenvalue weighted by Crippen LogP contribution is -2.72. The van der Waals surface area contributed by atoms with E-state index in [0.29, 0.717) is 0 Å². The Bertz CT molecular complexity index is 1080. The van der Waals surface area contributed by atoms with E-state index in [1.807, 2.05) is 30.3 Å². The first-order valence-corrected chi connectivity index (χ1v) is 12.8. The molecule has 0 bridgehead atoms. The highest BCUT2D eigenvalue weighted by Gasteiger charge is 2.63. The van der Waals surface area contributed by atoms with E-state index in [1.54, 1.807) is 20.8 Å². The molecule has 2 aliphatic heterocycles. The Morgan fingerprint density at radius 3 is 2.33 bits per heavy atom. The second-order valence-corrected chi connectivity index (χ2v) is 11.9. The van der Waals surface area contributed by atoms with Gasteiger partial charge in [0.2, 0.25) is 0 Å². The van der Waals surface area contributed by atoms with E-state index in [0.717, 1.165) is 9.80 Å². The highest BCUT2D eigenvalue weighted by atomic mass is 32.2. The van der Waals surface area contributed by atoms with Gasteiger partial charge in [-0.15, -0.1) is 11.8 Å². The molecule has 2 heterocycles. The van der Waals surface area contributed by atoms with Gasteiger partial charge in [-0.05, 0) is 32.9 Å². The van der Waals surface area contributed by atoms with Crippen molar-refractivity contribution in [3.63, 3.8) is 0 Å². The molecule has 3 unspecified atom stereocenters. The maximum absolute atomic E-state index is 13.6. The highest BCUT2D eigenvalue weighted by molar-refractivity contribution is 8.01. The number of thioether (sulfide) groups is 1. The van der Waals surface area contributed by atoms with Gasteiger partial charge >= 0.3 is 11.9 Å². The maximum Gasteiger partial charge on any atom is 0.355 e. The van der Waals surface area contributed by atoms with Crippen LogP contribution in [0.2, 0.25) is 0 Å². The van der Waals surface area contributed by atoms with Gasteiger partial charge in [0.1, 0.15) is 17.9 Å². The molecule has 9 nitrogen and oxygen atoms in total. The number of hydrogen-bond acceptors (Lipinski definition) is 9. The van der Waals surface area contributed by atoms with Gasteiger partial charge in [-0.25, -0.2) is 13.2 Å². The number of fused-ring (bicyclic) bond motifs is 1. The number of hydrogen-bond donors (Lipinski definition) is 0.